The number of hydrogen-bond donors (Lipinski definition) is 2. The average Bonchev–Trinajstić information content (AvgIpc) is 2.58. The molecule has 0 bridgehead atoms. The summed E-state index contributed by atoms with van der Waals surface area (Å²) < 4.78 is 11.0. The summed E-state index contributed by atoms with van der Waals surface area (Å²) in [5.41, 5.74) is 4.88. The Morgan fingerprint density at radius 3 is 2.44 bits per heavy atom. The number of ether oxygens (including phenoxy) is 2. The highest BCUT2D eigenvalue weighted by atomic mass is 79.9. The molecule has 25 heavy (non-hydrogen) atoms. The molecule has 0 atom stereocenters. The maximum absolute atomic E-state index is 12.0. The molecule has 0 radical (unpaired) electrons. The van der Waals surface area contributed by atoms with Gasteiger partial charge >= 0.3 is 0 Å². The first-order chi connectivity index (χ1) is 11.9. The molecule has 0 heterocycles. The number of nitrogens with one attached hydrogen (secondary N) is 2. The minimum atomic E-state index is -0.549. The van der Waals surface area contributed by atoms with Crippen molar-refractivity contribution in [3.8, 4) is 11.5 Å². The summed E-state index contributed by atoms with van der Waals surface area (Å²) in [7, 11) is 1.52. The van der Waals surface area contributed by atoms with Crippen molar-refractivity contribution in [1.82, 2.24) is 10.9 Å². The molecular weight excluding hydrogens is 435 g/mol. The number of carbonyl (C=O) groups is 2. The van der Waals surface area contributed by atoms with Crippen LogP contribution >= 0.6 is 39.1 Å². The zero-order chi connectivity index (χ0) is 18.4. The fourth-order valence-corrected chi connectivity index (χ4v) is 2.78. The van der Waals surface area contributed by atoms with Gasteiger partial charge in [-0.3, -0.25) is 20.4 Å². The number of halogens is 3. The Hall–Kier alpha value is -1.96. The summed E-state index contributed by atoms with van der Waals surface area (Å²) in [5, 5.41) is 0.743. The van der Waals surface area contributed by atoms with E-state index in [1.54, 1.807) is 30.3 Å². The Labute approximate surface area is 162 Å². The van der Waals surface area contributed by atoms with Gasteiger partial charge in [-0.05, 0) is 52.3 Å². The Morgan fingerprint density at radius 1 is 1.08 bits per heavy atom. The van der Waals surface area contributed by atoms with Gasteiger partial charge in [-0.1, -0.05) is 23.2 Å². The van der Waals surface area contributed by atoms with Crippen LogP contribution in [0.3, 0.4) is 0 Å². The van der Waals surface area contributed by atoms with Crippen LogP contribution in [0, 0.1) is 0 Å². The Kier molecular flexibility index (Phi) is 6.92. The molecule has 0 unspecified atom stereocenters. The van der Waals surface area contributed by atoms with Crippen molar-refractivity contribution in [1.29, 1.82) is 0 Å². The average molecular weight is 448 g/mol. The Balaban J connectivity index is 1.85. The molecular formula is C16H13BrCl2N2O4. The SMILES string of the molecule is COc1ccc(C(=O)NNC(=O)COc2ccc(Cl)cc2Cl)cc1Br. The Bertz CT molecular complexity index is 802. The summed E-state index contributed by atoms with van der Waals surface area (Å²) in [6.45, 7) is -0.325. The van der Waals surface area contributed by atoms with Crippen molar-refractivity contribution in [2.75, 3.05) is 13.7 Å². The topological polar surface area (TPSA) is 76.7 Å². The van der Waals surface area contributed by atoms with Crippen LogP contribution in [0.15, 0.2) is 40.9 Å². The van der Waals surface area contributed by atoms with Crippen LogP contribution in [0.25, 0.3) is 0 Å². The minimum Gasteiger partial charge on any atom is -0.496 e. The van der Waals surface area contributed by atoms with E-state index in [1.165, 1.54) is 13.2 Å². The lowest BCUT2D eigenvalue weighted by molar-refractivity contribution is -0.123. The predicted molar refractivity (Wildman–Crippen MR) is 98.3 cm³/mol. The molecule has 0 saturated carbocycles. The fraction of sp³-hybridized carbons (Fsp3) is 0.125. The van der Waals surface area contributed by atoms with E-state index in [9.17, 15) is 9.59 Å². The van der Waals surface area contributed by atoms with Gasteiger partial charge in [-0.15, -0.1) is 0 Å². The number of hydrogen-bond acceptors (Lipinski definition) is 4. The fourth-order valence-electron chi connectivity index (χ4n) is 1.78. The van der Waals surface area contributed by atoms with Gasteiger partial charge in [0.1, 0.15) is 11.5 Å². The first-order valence-corrected chi connectivity index (χ1v) is 8.46. The van der Waals surface area contributed by atoms with Gasteiger partial charge in [-0.2, -0.15) is 0 Å². The van der Waals surface area contributed by atoms with Crippen molar-refractivity contribution < 1.29 is 19.1 Å². The van der Waals surface area contributed by atoms with Gasteiger partial charge < -0.3 is 9.47 Å². The highest BCUT2D eigenvalue weighted by molar-refractivity contribution is 9.10. The molecule has 0 spiro atoms. The van der Waals surface area contributed by atoms with Crippen molar-refractivity contribution in [3.63, 3.8) is 0 Å². The van der Waals surface area contributed by atoms with Gasteiger partial charge in [0.25, 0.3) is 11.8 Å². The zero-order valence-electron chi connectivity index (χ0n) is 12.9. The molecule has 132 valence electrons. The largest absolute Gasteiger partial charge is 0.496 e. The van der Waals surface area contributed by atoms with Gasteiger partial charge in [0, 0.05) is 10.6 Å². The standard InChI is InChI=1S/C16H13BrCl2N2O4/c1-24-13-4-2-9(6-11(13)17)16(23)21-20-15(22)8-25-14-5-3-10(18)7-12(14)19/h2-7H,8H2,1H3,(H,20,22)(H,21,23). The molecule has 0 aromatic heterocycles. The molecule has 9 heteroatoms. The molecule has 0 aliphatic rings. The second kappa shape index (κ2) is 8.94. The van der Waals surface area contributed by atoms with E-state index in [0.717, 1.165) is 0 Å². The third-order valence-corrected chi connectivity index (χ3v) is 4.13. The van der Waals surface area contributed by atoms with Crippen molar-refractivity contribution in [2.45, 2.75) is 0 Å². The van der Waals surface area contributed by atoms with Gasteiger partial charge in [-0.25, -0.2) is 0 Å². The van der Waals surface area contributed by atoms with Crippen LogP contribution in [0.2, 0.25) is 10.0 Å². The van der Waals surface area contributed by atoms with Crippen LogP contribution in [0.4, 0.5) is 0 Å². The quantitative estimate of drug-likeness (QED) is 0.686. The third-order valence-electron chi connectivity index (χ3n) is 2.98. The molecule has 6 nitrogen and oxygen atoms in total. The van der Waals surface area contributed by atoms with E-state index in [2.05, 4.69) is 26.8 Å². The number of hydrazine groups is 1. The molecule has 0 saturated heterocycles. The van der Waals surface area contributed by atoms with Gasteiger partial charge in [0.2, 0.25) is 0 Å². The van der Waals surface area contributed by atoms with E-state index in [4.69, 9.17) is 32.7 Å². The molecule has 2 rings (SSSR count). The first-order valence-electron chi connectivity index (χ1n) is 6.91. The number of carbonyl (C=O) groups excluding carboxylic acids is 2. The third kappa shape index (κ3) is 5.52. The van der Waals surface area contributed by atoms with Crippen LogP contribution in [0.1, 0.15) is 10.4 Å². The van der Waals surface area contributed by atoms with Crippen molar-refractivity contribution in [2.24, 2.45) is 0 Å². The van der Waals surface area contributed by atoms with Gasteiger partial charge in [0.05, 0.1) is 16.6 Å². The van der Waals surface area contributed by atoms with Crippen LogP contribution in [-0.4, -0.2) is 25.5 Å². The molecule has 2 aromatic rings. The maximum atomic E-state index is 12.0. The summed E-state index contributed by atoms with van der Waals surface area (Å²) in [6.07, 6.45) is 0. The lowest BCUT2D eigenvalue weighted by Gasteiger charge is -2.10. The number of rotatable bonds is 5. The number of amides is 2. The second-order valence-corrected chi connectivity index (χ2v) is 6.41. The van der Waals surface area contributed by atoms with Crippen LogP contribution < -0.4 is 20.3 Å². The maximum Gasteiger partial charge on any atom is 0.276 e. The summed E-state index contributed by atoms with van der Waals surface area (Å²) >= 11 is 15.0. The zero-order valence-corrected chi connectivity index (χ0v) is 16.0. The minimum absolute atomic E-state index is 0.285. The molecule has 2 aromatic carbocycles. The summed E-state index contributed by atoms with van der Waals surface area (Å²) in [4.78, 5) is 23.8. The van der Waals surface area contributed by atoms with Gasteiger partial charge in [0.15, 0.2) is 6.61 Å². The molecule has 2 N–H and O–H groups in total. The summed E-state index contributed by atoms with van der Waals surface area (Å²) in [5.74, 6) is -0.131. The van der Waals surface area contributed by atoms with Crippen molar-refractivity contribution >= 4 is 50.9 Å². The van der Waals surface area contributed by atoms with E-state index in [-0.39, 0.29) is 11.6 Å². The highest BCUT2D eigenvalue weighted by Crippen LogP contribution is 2.27. The normalized spacial score (nSPS) is 10.1. The lowest BCUT2D eigenvalue weighted by Crippen LogP contribution is -2.43. The van der Waals surface area contributed by atoms with E-state index in [1.807, 2.05) is 0 Å². The van der Waals surface area contributed by atoms with E-state index < -0.39 is 11.8 Å². The smallest absolute Gasteiger partial charge is 0.276 e. The second-order valence-electron chi connectivity index (χ2n) is 4.72. The molecule has 0 fully saturated rings. The summed E-state index contributed by atoms with van der Waals surface area (Å²) in [6, 6.07) is 9.40. The predicted octanol–water partition coefficient (Wildman–Crippen LogP) is 3.60. The monoisotopic (exact) mass is 446 g/mol. The number of benzene rings is 2. The molecule has 0 aliphatic heterocycles. The molecule has 0 aliphatic carbocycles. The van der Waals surface area contributed by atoms with E-state index >= 15 is 0 Å². The number of methoxy groups -OCH3 is 1. The molecule has 2 amide bonds. The Morgan fingerprint density at radius 2 is 1.80 bits per heavy atom. The first kappa shape index (κ1) is 19.4. The van der Waals surface area contributed by atoms with Crippen LogP contribution in [0.5, 0.6) is 11.5 Å². The lowest BCUT2D eigenvalue weighted by atomic mass is 10.2. The highest BCUT2D eigenvalue weighted by Gasteiger charge is 2.11. The van der Waals surface area contributed by atoms with Crippen LogP contribution in [-0.2, 0) is 4.79 Å². The van der Waals surface area contributed by atoms with E-state index in [0.29, 0.717) is 26.6 Å². The van der Waals surface area contributed by atoms with Crippen molar-refractivity contribution in [3.05, 3.63) is 56.5 Å².